The molecule has 0 bridgehead atoms. The lowest BCUT2D eigenvalue weighted by molar-refractivity contribution is 0.0640. The molecule has 0 N–H and O–H groups in total. The SMILES string of the molecule is CC(C)N(C(=O)c1cc(F)ccc1Oc1cnccc1Cl)C(C)C. The zero-order valence-electron chi connectivity index (χ0n) is 14.1. The van der Waals surface area contributed by atoms with Gasteiger partial charge in [-0.15, -0.1) is 0 Å². The number of pyridine rings is 1. The van der Waals surface area contributed by atoms with E-state index in [1.54, 1.807) is 11.0 Å². The molecule has 2 rings (SSSR count). The Morgan fingerprint density at radius 2 is 1.83 bits per heavy atom. The Bertz CT molecular complexity index is 727. The fourth-order valence-electron chi connectivity index (χ4n) is 2.52. The van der Waals surface area contributed by atoms with Crippen molar-refractivity contribution >= 4 is 17.5 Å². The molecule has 0 spiro atoms. The fraction of sp³-hybridized carbons (Fsp3) is 0.333. The van der Waals surface area contributed by atoms with E-state index in [1.807, 2.05) is 27.7 Å². The minimum absolute atomic E-state index is 0.0319. The maximum atomic E-state index is 13.7. The molecule has 0 aliphatic rings. The first kappa shape index (κ1) is 18.2. The zero-order chi connectivity index (χ0) is 17.9. The molecule has 0 fully saturated rings. The molecule has 1 heterocycles. The highest BCUT2D eigenvalue weighted by atomic mass is 35.5. The Kier molecular flexibility index (Phi) is 5.78. The molecule has 6 heteroatoms. The predicted octanol–water partition coefficient (Wildman–Crippen LogP) is 4.93. The summed E-state index contributed by atoms with van der Waals surface area (Å²) in [7, 11) is 0. The average Bonchev–Trinajstić information content (AvgIpc) is 2.50. The molecular weight excluding hydrogens is 331 g/mol. The summed E-state index contributed by atoms with van der Waals surface area (Å²) in [5.41, 5.74) is 0.150. The molecule has 0 radical (unpaired) electrons. The smallest absolute Gasteiger partial charge is 0.258 e. The van der Waals surface area contributed by atoms with Gasteiger partial charge in [0.15, 0.2) is 5.75 Å². The van der Waals surface area contributed by atoms with Crippen molar-refractivity contribution in [3.8, 4) is 11.5 Å². The number of halogens is 2. The molecule has 0 aliphatic carbocycles. The molecular formula is C18H20ClFN2O2. The summed E-state index contributed by atoms with van der Waals surface area (Å²) in [6.07, 6.45) is 2.98. The summed E-state index contributed by atoms with van der Waals surface area (Å²) < 4.78 is 19.4. The minimum Gasteiger partial charge on any atom is -0.453 e. The first-order valence-corrected chi connectivity index (χ1v) is 8.08. The lowest BCUT2D eigenvalue weighted by Crippen LogP contribution is -2.42. The molecule has 4 nitrogen and oxygen atoms in total. The molecule has 128 valence electrons. The van der Waals surface area contributed by atoms with Gasteiger partial charge < -0.3 is 9.64 Å². The Balaban J connectivity index is 2.44. The van der Waals surface area contributed by atoms with Crippen LogP contribution in [0, 0.1) is 5.82 Å². The third kappa shape index (κ3) is 4.03. The molecule has 0 aliphatic heterocycles. The first-order valence-electron chi connectivity index (χ1n) is 7.70. The number of nitrogens with zero attached hydrogens (tertiary/aromatic N) is 2. The molecule has 0 unspecified atom stereocenters. The van der Waals surface area contributed by atoms with Crippen LogP contribution in [-0.2, 0) is 0 Å². The van der Waals surface area contributed by atoms with Crippen LogP contribution >= 0.6 is 11.6 Å². The Hall–Kier alpha value is -2.14. The van der Waals surface area contributed by atoms with E-state index in [9.17, 15) is 9.18 Å². The number of ether oxygens (including phenoxy) is 1. The van der Waals surface area contributed by atoms with E-state index in [0.717, 1.165) is 0 Å². The van der Waals surface area contributed by atoms with Crippen LogP contribution in [0.2, 0.25) is 5.02 Å². The quantitative estimate of drug-likeness (QED) is 0.768. The van der Waals surface area contributed by atoms with E-state index in [4.69, 9.17) is 16.3 Å². The summed E-state index contributed by atoms with van der Waals surface area (Å²) in [6, 6.07) is 5.36. The third-order valence-corrected chi connectivity index (χ3v) is 3.79. The van der Waals surface area contributed by atoms with Crippen LogP contribution in [-0.4, -0.2) is 27.9 Å². The van der Waals surface area contributed by atoms with E-state index in [0.29, 0.717) is 10.8 Å². The van der Waals surface area contributed by atoms with Crippen LogP contribution in [0.4, 0.5) is 4.39 Å². The van der Waals surface area contributed by atoms with Gasteiger partial charge in [-0.05, 0) is 52.0 Å². The lowest BCUT2D eigenvalue weighted by atomic mass is 10.1. The molecule has 24 heavy (non-hydrogen) atoms. The van der Waals surface area contributed by atoms with E-state index in [1.165, 1.54) is 30.6 Å². The monoisotopic (exact) mass is 350 g/mol. The van der Waals surface area contributed by atoms with Gasteiger partial charge in [0.1, 0.15) is 11.6 Å². The standard InChI is InChI=1S/C18H20ClFN2O2/c1-11(2)22(12(3)4)18(23)14-9-13(20)5-6-16(14)24-17-10-21-8-7-15(17)19/h5-12H,1-4H3. The van der Waals surface area contributed by atoms with E-state index in [-0.39, 0.29) is 29.3 Å². The van der Waals surface area contributed by atoms with E-state index in [2.05, 4.69) is 4.98 Å². The second-order valence-electron chi connectivity index (χ2n) is 5.95. The van der Waals surface area contributed by atoms with Crippen LogP contribution in [0.25, 0.3) is 0 Å². The van der Waals surface area contributed by atoms with Gasteiger partial charge in [-0.1, -0.05) is 11.6 Å². The highest BCUT2D eigenvalue weighted by molar-refractivity contribution is 6.32. The molecule has 1 amide bonds. The predicted molar refractivity (Wildman–Crippen MR) is 92.2 cm³/mol. The molecule has 0 saturated heterocycles. The Morgan fingerprint density at radius 3 is 2.42 bits per heavy atom. The van der Waals surface area contributed by atoms with Crippen LogP contribution in [0.1, 0.15) is 38.1 Å². The van der Waals surface area contributed by atoms with Gasteiger partial charge in [0.2, 0.25) is 0 Å². The number of aromatic nitrogens is 1. The Labute approximate surface area is 146 Å². The van der Waals surface area contributed by atoms with Gasteiger partial charge in [0, 0.05) is 18.3 Å². The largest absolute Gasteiger partial charge is 0.453 e. The van der Waals surface area contributed by atoms with Gasteiger partial charge in [-0.3, -0.25) is 9.78 Å². The van der Waals surface area contributed by atoms with Gasteiger partial charge >= 0.3 is 0 Å². The zero-order valence-corrected chi connectivity index (χ0v) is 14.8. The highest BCUT2D eigenvalue weighted by Crippen LogP contribution is 2.31. The number of amides is 1. The maximum Gasteiger partial charge on any atom is 0.258 e. The summed E-state index contributed by atoms with van der Waals surface area (Å²) in [6.45, 7) is 7.65. The molecule has 1 aromatic carbocycles. The molecule has 1 aromatic heterocycles. The van der Waals surface area contributed by atoms with Crippen LogP contribution in [0.15, 0.2) is 36.7 Å². The van der Waals surface area contributed by atoms with Gasteiger partial charge in [-0.25, -0.2) is 4.39 Å². The summed E-state index contributed by atoms with van der Waals surface area (Å²) in [5.74, 6) is -0.256. The van der Waals surface area contributed by atoms with Crippen molar-refractivity contribution in [1.29, 1.82) is 0 Å². The normalized spacial score (nSPS) is 11.0. The number of carbonyl (C=O) groups is 1. The fourth-order valence-corrected chi connectivity index (χ4v) is 2.66. The van der Waals surface area contributed by atoms with Gasteiger partial charge in [0.05, 0.1) is 16.8 Å². The third-order valence-electron chi connectivity index (χ3n) is 3.47. The van der Waals surface area contributed by atoms with Crippen molar-refractivity contribution in [2.24, 2.45) is 0 Å². The lowest BCUT2D eigenvalue weighted by Gasteiger charge is -2.31. The van der Waals surface area contributed by atoms with E-state index < -0.39 is 5.82 Å². The van der Waals surface area contributed by atoms with Gasteiger partial charge in [0.25, 0.3) is 5.91 Å². The minimum atomic E-state index is -0.504. The highest BCUT2D eigenvalue weighted by Gasteiger charge is 2.25. The topological polar surface area (TPSA) is 42.4 Å². The number of carbonyl (C=O) groups excluding carboxylic acids is 1. The number of hydrogen-bond acceptors (Lipinski definition) is 3. The average molecular weight is 351 g/mol. The van der Waals surface area contributed by atoms with Crippen LogP contribution in [0.3, 0.4) is 0 Å². The Morgan fingerprint density at radius 1 is 1.17 bits per heavy atom. The van der Waals surface area contributed by atoms with Crippen molar-refractivity contribution in [1.82, 2.24) is 9.88 Å². The van der Waals surface area contributed by atoms with Crippen molar-refractivity contribution in [2.75, 3.05) is 0 Å². The summed E-state index contributed by atoms with van der Waals surface area (Å²) >= 11 is 6.07. The van der Waals surface area contributed by atoms with Crippen LogP contribution < -0.4 is 4.74 Å². The molecule has 0 atom stereocenters. The van der Waals surface area contributed by atoms with Crippen molar-refractivity contribution in [3.63, 3.8) is 0 Å². The second-order valence-corrected chi connectivity index (χ2v) is 6.36. The second kappa shape index (κ2) is 7.62. The van der Waals surface area contributed by atoms with Crippen molar-refractivity contribution < 1.29 is 13.9 Å². The van der Waals surface area contributed by atoms with Crippen LogP contribution in [0.5, 0.6) is 11.5 Å². The summed E-state index contributed by atoms with van der Waals surface area (Å²) in [5, 5.41) is 0.359. The summed E-state index contributed by atoms with van der Waals surface area (Å²) in [4.78, 5) is 18.5. The van der Waals surface area contributed by atoms with E-state index >= 15 is 0 Å². The van der Waals surface area contributed by atoms with Gasteiger partial charge in [-0.2, -0.15) is 0 Å². The molecule has 0 saturated carbocycles. The van der Waals surface area contributed by atoms with Crippen molar-refractivity contribution in [2.45, 2.75) is 39.8 Å². The number of benzene rings is 1. The van der Waals surface area contributed by atoms with Crippen molar-refractivity contribution in [3.05, 3.63) is 53.1 Å². The molecule has 2 aromatic rings. The maximum absolute atomic E-state index is 13.7. The first-order chi connectivity index (χ1) is 11.3. The number of rotatable bonds is 5. The number of hydrogen-bond donors (Lipinski definition) is 0.